The van der Waals surface area contributed by atoms with Crippen molar-refractivity contribution in [2.45, 2.75) is 12.3 Å². The fourth-order valence-electron chi connectivity index (χ4n) is 2.25. The van der Waals surface area contributed by atoms with Crippen LogP contribution in [0, 0.1) is 0 Å². The first-order chi connectivity index (χ1) is 10.3. The summed E-state index contributed by atoms with van der Waals surface area (Å²) in [6.07, 6.45) is 1.98. The summed E-state index contributed by atoms with van der Waals surface area (Å²) in [5.74, 6) is 0. The summed E-state index contributed by atoms with van der Waals surface area (Å²) in [4.78, 5) is 0. The van der Waals surface area contributed by atoms with Crippen LogP contribution in [0.15, 0.2) is 77.5 Å². The number of anilines is 2. The number of hydrazone groups is 1. The van der Waals surface area contributed by atoms with Crippen molar-refractivity contribution in [2.24, 2.45) is 5.10 Å². The first-order valence-corrected chi connectivity index (χ1v) is 7.37. The molecule has 0 amide bonds. The first-order valence-electron chi connectivity index (χ1n) is 6.85. The van der Waals surface area contributed by atoms with Gasteiger partial charge in [0.2, 0.25) is 0 Å². The molecule has 0 spiro atoms. The van der Waals surface area contributed by atoms with Crippen LogP contribution in [0.1, 0.15) is 6.92 Å². The van der Waals surface area contributed by atoms with Crippen LogP contribution in [0.25, 0.3) is 0 Å². The second-order valence-corrected chi connectivity index (χ2v) is 5.34. The van der Waals surface area contributed by atoms with Crippen molar-refractivity contribution in [3.8, 4) is 0 Å². The summed E-state index contributed by atoms with van der Waals surface area (Å²) < 4.78 is 0. The molecule has 0 radical (unpaired) electrons. The van der Waals surface area contributed by atoms with Gasteiger partial charge >= 0.3 is 0 Å². The normalized spacial score (nSPS) is 19.7. The van der Waals surface area contributed by atoms with E-state index < -0.39 is 0 Å². The molecule has 1 aliphatic rings. The molecular formula is C17H17N3S. The fourth-order valence-corrected chi connectivity index (χ4v) is 2.69. The lowest BCUT2D eigenvalue weighted by Gasteiger charge is -2.20. The van der Waals surface area contributed by atoms with Gasteiger partial charge in [-0.3, -0.25) is 0 Å². The Kier molecular flexibility index (Phi) is 3.97. The van der Waals surface area contributed by atoms with Gasteiger partial charge in [-0.15, -0.1) is 12.6 Å². The molecule has 0 saturated carbocycles. The number of benzene rings is 2. The third-order valence-corrected chi connectivity index (χ3v) is 3.87. The van der Waals surface area contributed by atoms with Crippen LogP contribution in [-0.2, 0) is 0 Å². The largest absolute Gasteiger partial charge is 0.361 e. The summed E-state index contributed by atoms with van der Waals surface area (Å²) in [5.41, 5.74) is 4.14. The lowest BCUT2D eigenvalue weighted by atomic mass is 10.2. The van der Waals surface area contributed by atoms with Gasteiger partial charge < -0.3 is 5.32 Å². The molecule has 3 nitrogen and oxygen atoms in total. The molecule has 106 valence electrons. The number of thiol groups is 1. The number of nitrogens with zero attached hydrogens (tertiary/aromatic N) is 2. The summed E-state index contributed by atoms with van der Waals surface area (Å²) >= 11 is 4.70. The molecule has 0 aromatic heterocycles. The summed E-state index contributed by atoms with van der Waals surface area (Å²) in [5, 5.41) is 9.75. The van der Waals surface area contributed by atoms with E-state index >= 15 is 0 Å². The van der Waals surface area contributed by atoms with Gasteiger partial charge in [0.05, 0.1) is 11.4 Å². The van der Waals surface area contributed by atoms with Crippen LogP contribution < -0.4 is 10.3 Å². The maximum Gasteiger partial charge on any atom is 0.123 e. The zero-order valence-corrected chi connectivity index (χ0v) is 12.7. The smallest absolute Gasteiger partial charge is 0.123 e. The average Bonchev–Trinajstić information content (AvgIpc) is 2.82. The van der Waals surface area contributed by atoms with Crippen LogP contribution in [0.5, 0.6) is 0 Å². The van der Waals surface area contributed by atoms with Gasteiger partial charge in [0.1, 0.15) is 5.37 Å². The van der Waals surface area contributed by atoms with Crippen LogP contribution >= 0.6 is 12.6 Å². The fraction of sp³-hybridized carbons (Fsp3) is 0.118. The molecule has 0 bridgehead atoms. The Morgan fingerprint density at radius 3 is 2.33 bits per heavy atom. The van der Waals surface area contributed by atoms with Gasteiger partial charge in [0, 0.05) is 17.5 Å². The van der Waals surface area contributed by atoms with E-state index in [1.54, 1.807) is 0 Å². The molecule has 1 N–H and O–H groups in total. The first kappa shape index (κ1) is 13.8. The van der Waals surface area contributed by atoms with Crippen molar-refractivity contribution in [1.82, 2.24) is 0 Å². The van der Waals surface area contributed by atoms with Crippen molar-refractivity contribution in [3.63, 3.8) is 0 Å². The standard InChI is InChI=1S/C17H17N3S/c1-13-16(12-18-14-8-4-2-5-9-14)17(21)20(19-13)15-10-6-3-7-11-15/h2-12,17-18,21H,1H3. The molecule has 1 heterocycles. The predicted molar refractivity (Wildman–Crippen MR) is 93.0 cm³/mol. The zero-order chi connectivity index (χ0) is 14.7. The molecular weight excluding hydrogens is 278 g/mol. The molecule has 3 rings (SSSR count). The van der Waals surface area contributed by atoms with Crippen molar-refractivity contribution in [2.75, 3.05) is 10.3 Å². The van der Waals surface area contributed by atoms with Crippen molar-refractivity contribution >= 4 is 29.7 Å². The predicted octanol–water partition coefficient (Wildman–Crippen LogP) is 4.13. The molecule has 4 heteroatoms. The van der Waals surface area contributed by atoms with Gasteiger partial charge in [-0.2, -0.15) is 5.10 Å². The van der Waals surface area contributed by atoms with E-state index in [0.717, 1.165) is 22.7 Å². The van der Waals surface area contributed by atoms with E-state index in [1.807, 2.05) is 78.8 Å². The van der Waals surface area contributed by atoms with E-state index in [4.69, 9.17) is 12.6 Å². The molecule has 1 atom stereocenters. The Balaban J connectivity index is 1.81. The van der Waals surface area contributed by atoms with Gasteiger partial charge in [-0.1, -0.05) is 36.4 Å². The SMILES string of the molecule is CC1=NN(c2ccccc2)C(S)C1=CNc1ccccc1. The molecule has 1 aliphatic heterocycles. The lowest BCUT2D eigenvalue weighted by Crippen LogP contribution is -2.22. The highest BCUT2D eigenvalue weighted by atomic mass is 32.1. The summed E-state index contributed by atoms with van der Waals surface area (Å²) in [6, 6.07) is 20.1. The minimum atomic E-state index is -0.0800. The van der Waals surface area contributed by atoms with Gasteiger partial charge in [-0.25, -0.2) is 5.01 Å². The van der Waals surface area contributed by atoms with E-state index in [2.05, 4.69) is 10.4 Å². The monoisotopic (exact) mass is 295 g/mol. The van der Waals surface area contributed by atoms with Gasteiger partial charge in [0.25, 0.3) is 0 Å². The number of rotatable bonds is 3. The highest BCUT2D eigenvalue weighted by molar-refractivity contribution is 7.81. The minimum absolute atomic E-state index is 0.0800. The van der Waals surface area contributed by atoms with Crippen LogP contribution in [0.3, 0.4) is 0 Å². The summed E-state index contributed by atoms with van der Waals surface area (Å²) in [6.45, 7) is 2.00. The number of para-hydroxylation sites is 2. The maximum atomic E-state index is 4.70. The van der Waals surface area contributed by atoms with E-state index in [-0.39, 0.29) is 5.37 Å². The summed E-state index contributed by atoms with van der Waals surface area (Å²) in [7, 11) is 0. The second kappa shape index (κ2) is 6.06. The quantitative estimate of drug-likeness (QED) is 0.833. The number of hydrogen-bond donors (Lipinski definition) is 2. The third-order valence-electron chi connectivity index (χ3n) is 3.37. The van der Waals surface area contributed by atoms with Gasteiger partial charge in [-0.05, 0) is 31.2 Å². The van der Waals surface area contributed by atoms with Crippen LogP contribution in [0.2, 0.25) is 0 Å². The molecule has 2 aromatic rings. The van der Waals surface area contributed by atoms with Gasteiger partial charge in [0.15, 0.2) is 0 Å². The lowest BCUT2D eigenvalue weighted by molar-refractivity contribution is 0.929. The van der Waals surface area contributed by atoms with Crippen molar-refractivity contribution in [3.05, 3.63) is 72.4 Å². The van der Waals surface area contributed by atoms with E-state index in [1.165, 1.54) is 0 Å². The van der Waals surface area contributed by atoms with Crippen molar-refractivity contribution in [1.29, 1.82) is 0 Å². The minimum Gasteiger partial charge on any atom is -0.361 e. The second-order valence-electron chi connectivity index (χ2n) is 4.85. The Labute approximate surface area is 130 Å². The highest BCUT2D eigenvalue weighted by Gasteiger charge is 2.27. The molecule has 0 saturated heterocycles. The number of nitrogens with one attached hydrogen (secondary N) is 1. The number of hydrogen-bond acceptors (Lipinski definition) is 4. The maximum absolute atomic E-state index is 4.70. The Morgan fingerprint density at radius 2 is 1.67 bits per heavy atom. The highest BCUT2D eigenvalue weighted by Crippen LogP contribution is 2.29. The van der Waals surface area contributed by atoms with E-state index in [0.29, 0.717) is 0 Å². The Hall–Kier alpha value is -2.20. The third kappa shape index (κ3) is 2.95. The molecule has 2 aromatic carbocycles. The van der Waals surface area contributed by atoms with Crippen LogP contribution in [-0.4, -0.2) is 11.1 Å². The van der Waals surface area contributed by atoms with E-state index in [9.17, 15) is 0 Å². The average molecular weight is 295 g/mol. The van der Waals surface area contributed by atoms with Crippen LogP contribution in [0.4, 0.5) is 11.4 Å². The molecule has 1 unspecified atom stereocenters. The molecule has 0 fully saturated rings. The zero-order valence-electron chi connectivity index (χ0n) is 11.8. The Morgan fingerprint density at radius 1 is 1.05 bits per heavy atom. The topological polar surface area (TPSA) is 27.6 Å². The Bertz CT molecular complexity index is 665. The van der Waals surface area contributed by atoms with Crippen molar-refractivity contribution < 1.29 is 0 Å². The molecule has 21 heavy (non-hydrogen) atoms. The molecule has 0 aliphatic carbocycles.